The Bertz CT molecular complexity index is 1350. The molecule has 11 nitrogen and oxygen atoms in total. The van der Waals surface area contributed by atoms with Crippen LogP contribution in [0.5, 0.6) is 0 Å². The zero-order valence-corrected chi connectivity index (χ0v) is 25.0. The Balaban J connectivity index is 1.62. The van der Waals surface area contributed by atoms with Gasteiger partial charge in [-0.05, 0) is 38.7 Å². The molecule has 2 saturated carbocycles. The lowest BCUT2D eigenvalue weighted by Gasteiger charge is -2.67. The summed E-state index contributed by atoms with van der Waals surface area (Å²) in [7, 11) is 1.30. The third kappa shape index (κ3) is 3.52. The fourth-order valence-corrected chi connectivity index (χ4v) is 9.67. The highest BCUT2D eigenvalue weighted by atomic mass is 16.7. The highest BCUT2D eigenvalue weighted by Gasteiger charge is 2.90. The van der Waals surface area contributed by atoms with E-state index in [0.29, 0.717) is 18.4 Å². The summed E-state index contributed by atoms with van der Waals surface area (Å²) in [6.45, 7) is 10.6. The normalized spacial score (nSPS) is 44.6. The van der Waals surface area contributed by atoms with E-state index in [4.69, 9.17) is 32.8 Å². The van der Waals surface area contributed by atoms with Gasteiger partial charge in [-0.15, -0.1) is 0 Å². The van der Waals surface area contributed by atoms with Crippen molar-refractivity contribution in [3.05, 3.63) is 36.3 Å². The van der Waals surface area contributed by atoms with Gasteiger partial charge in [0.25, 0.3) is 0 Å². The fourth-order valence-electron chi connectivity index (χ4n) is 9.67. The predicted octanol–water partition coefficient (Wildman–Crippen LogP) is 3.46. The molecule has 0 amide bonds. The minimum Gasteiger partial charge on any atom is -0.472 e. The van der Waals surface area contributed by atoms with Crippen LogP contribution in [0.25, 0.3) is 0 Å². The minimum atomic E-state index is -1.16. The molecule has 42 heavy (non-hydrogen) atoms. The lowest BCUT2D eigenvalue weighted by molar-refractivity contribution is -0.274. The summed E-state index contributed by atoms with van der Waals surface area (Å²) in [6.07, 6.45) is 3.84. The molecule has 5 aliphatic rings. The van der Waals surface area contributed by atoms with E-state index >= 15 is 0 Å². The van der Waals surface area contributed by atoms with Crippen molar-refractivity contribution in [2.24, 2.45) is 28.1 Å². The average Bonchev–Trinajstić information content (AvgIpc) is 3.37. The van der Waals surface area contributed by atoms with Gasteiger partial charge in [-0.1, -0.05) is 19.9 Å². The van der Waals surface area contributed by atoms with Crippen LogP contribution in [0.2, 0.25) is 0 Å². The number of epoxide rings is 1. The monoisotopic (exact) mass is 586 g/mol. The number of rotatable bonds is 5. The van der Waals surface area contributed by atoms with Gasteiger partial charge in [0.15, 0.2) is 6.10 Å². The van der Waals surface area contributed by atoms with E-state index in [1.165, 1.54) is 33.3 Å². The summed E-state index contributed by atoms with van der Waals surface area (Å²) in [5.74, 6) is -3.02. The van der Waals surface area contributed by atoms with Gasteiger partial charge in [0.05, 0.1) is 31.8 Å². The number of hydrogen-bond acceptors (Lipinski definition) is 11. The second kappa shape index (κ2) is 9.16. The molecule has 1 unspecified atom stereocenters. The van der Waals surface area contributed by atoms with Crippen LogP contribution in [0.3, 0.4) is 0 Å². The van der Waals surface area contributed by atoms with Crippen molar-refractivity contribution in [1.29, 1.82) is 0 Å². The zero-order chi connectivity index (χ0) is 30.5. The molecule has 6 rings (SSSR count). The molecule has 0 aromatic carbocycles. The molecule has 0 N–H and O–H groups in total. The molecule has 5 fully saturated rings. The van der Waals surface area contributed by atoms with Crippen LogP contribution in [-0.2, 0) is 47.6 Å². The van der Waals surface area contributed by atoms with E-state index in [2.05, 4.69) is 0 Å². The van der Waals surface area contributed by atoms with Gasteiger partial charge >= 0.3 is 23.9 Å². The summed E-state index contributed by atoms with van der Waals surface area (Å²) < 4.78 is 41.6. The number of furan rings is 1. The van der Waals surface area contributed by atoms with Crippen LogP contribution in [0.4, 0.5) is 0 Å². The van der Waals surface area contributed by atoms with Crippen LogP contribution in [-0.4, -0.2) is 67.1 Å². The van der Waals surface area contributed by atoms with E-state index in [-0.39, 0.29) is 12.5 Å². The highest BCUT2D eigenvalue weighted by molar-refractivity contribution is 5.83. The third-order valence-corrected chi connectivity index (χ3v) is 11.0. The second-order valence-corrected chi connectivity index (χ2v) is 13.3. The maximum absolute atomic E-state index is 13.5. The first-order chi connectivity index (χ1) is 19.7. The van der Waals surface area contributed by atoms with Crippen LogP contribution in [0, 0.1) is 28.1 Å². The van der Waals surface area contributed by atoms with Gasteiger partial charge in [-0.2, -0.15) is 0 Å². The van der Waals surface area contributed by atoms with Crippen LogP contribution in [0.1, 0.15) is 66.1 Å². The third-order valence-electron chi connectivity index (χ3n) is 11.0. The number of hydrogen-bond donors (Lipinski definition) is 0. The molecule has 3 saturated heterocycles. The van der Waals surface area contributed by atoms with Crippen molar-refractivity contribution in [3.63, 3.8) is 0 Å². The molecule has 11 heteroatoms. The van der Waals surface area contributed by atoms with E-state index in [9.17, 15) is 19.2 Å². The predicted molar refractivity (Wildman–Crippen MR) is 142 cm³/mol. The molecule has 4 heterocycles. The Morgan fingerprint density at radius 1 is 1.05 bits per heavy atom. The average molecular weight is 587 g/mol. The number of fused-ring (bicyclic) bond motifs is 3. The Kier molecular flexibility index (Phi) is 6.31. The van der Waals surface area contributed by atoms with Gasteiger partial charge in [-0.25, -0.2) is 9.59 Å². The van der Waals surface area contributed by atoms with Crippen molar-refractivity contribution < 1.29 is 52.0 Å². The maximum atomic E-state index is 13.5. The fraction of sp³-hybridized carbons (Fsp3) is 0.677. The quantitative estimate of drug-likeness (QED) is 0.217. The summed E-state index contributed by atoms with van der Waals surface area (Å²) in [5.41, 5.74) is -4.05. The summed E-state index contributed by atoms with van der Waals surface area (Å²) in [6, 6.07) is 1.77. The van der Waals surface area contributed by atoms with Crippen LogP contribution < -0.4 is 0 Å². The van der Waals surface area contributed by atoms with Gasteiger partial charge in [0.1, 0.15) is 23.9 Å². The second-order valence-electron chi connectivity index (χ2n) is 13.3. The van der Waals surface area contributed by atoms with Crippen molar-refractivity contribution >= 4 is 23.9 Å². The van der Waals surface area contributed by atoms with Crippen molar-refractivity contribution in [2.45, 2.75) is 90.0 Å². The van der Waals surface area contributed by atoms with E-state index in [0.717, 1.165) is 0 Å². The molecule has 1 aromatic rings. The number of esters is 4. The highest BCUT2D eigenvalue weighted by Crippen LogP contribution is 2.80. The van der Waals surface area contributed by atoms with Crippen molar-refractivity contribution in [1.82, 2.24) is 0 Å². The molecular formula is C31H38O11. The molecule has 10 atom stereocenters. The molecule has 0 bridgehead atoms. The van der Waals surface area contributed by atoms with E-state index < -0.39 is 81.7 Å². The van der Waals surface area contributed by atoms with Gasteiger partial charge < -0.3 is 32.8 Å². The summed E-state index contributed by atoms with van der Waals surface area (Å²) >= 11 is 0. The molecule has 228 valence electrons. The standard InChI is InChI=1S/C31H38O11/c1-16(32)39-21-22-27(3,4)38-15-30(22,12-9-20(34)36-7)19-8-11-28(5)23(18-10-13-37-14-18)41-26(35)25-31(28,42-25)29(19,6)24(21)40-17(2)33/h9-10,12-14,19,21-25H,8,11,15H2,1-7H3/t19-,21-,22?,23+,24+,25-,28-,29-,30+,31-/m1/s1. The first-order valence-electron chi connectivity index (χ1n) is 14.4. The number of methoxy groups -OCH3 is 1. The first kappa shape index (κ1) is 28.9. The van der Waals surface area contributed by atoms with Crippen LogP contribution >= 0.6 is 0 Å². The number of carbonyl (C=O) groups excluding carboxylic acids is 4. The molecule has 1 spiro atoms. The maximum Gasteiger partial charge on any atom is 0.339 e. The minimum absolute atomic E-state index is 0.204. The lowest BCUT2D eigenvalue weighted by Crippen LogP contribution is -2.76. The Hall–Kier alpha value is -3.18. The first-order valence-corrected chi connectivity index (χ1v) is 14.4. The van der Waals surface area contributed by atoms with Crippen molar-refractivity contribution in [3.8, 4) is 0 Å². The number of carbonyl (C=O) groups is 4. The zero-order valence-electron chi connectivity index (χ0n) is 25.0. The Labute approximate surface area is 244 Å². The van der Waals surface area contributed by atoms with Gasteiger partial charge in [-0.3, -0.25) is 9.59 Å². The van der Waals surface area contributed by atoms with E-state index in [1.54, 1.807) is 12.3 Å². The molecule has 2 aliphatic carbocycles. The smallest absolute Gasteiger partial charge is 0.339 e. The van der Waals surface area contributed by atoms with Gasteiger partial charge in [0.2, 0.25) is 0 Å². The topological polar surface area (TPSA) is 140 Å². The Morgan fingerprint density at radius 2 is 1.76 bits per heavy atom. The number of cyclic esters (lactones) is 1. The number of ether oxygens (including phenoxy) is 6. The molecule has 3 aliphatic heterocycles. The summed E-state index contributed by atoms with van der Waals surface area (Å²) in [4.78, 5) is 51.5. The van der Waals surface area contributed by atoms with E-state index in [1.807, 2.05) is 33.8 Å². The largest absolute Gasteiger partial charge is 0.472 e. The SMILES string of the molecule is COC(=O)C=C[C@@]12COC(C)(C)C1[C@@H](OC(C)=O)[C@H](OC(C)=O)[C@@]1(C)[C@H]2CC[C@]2(C)[C@H](c3ccoc3)OC(=O)[C@H]3O[C@@]312. The van der Waals surface area contributed by atoms with Crippen molar-refractivity contribution in [2.75, 3.05) is 13.7 Å². The molecule has 1 aromatic heterocycles. The molecule has 0 radical (unpaired) electrons. The van der Waals surface area contributed by atoms with Crippen LogP contribution in [0.15, 0.2) is 35.2 Å². The Morgan fingerprint density at radius 3 is 2.38 bits per heavy atom. The lowest BCUT2D eigenvalue weighted by atomic mass is 9.37. The summed E-state index contributed by atoms with van der Waals surface area (Å²) in [5, 5.41) is 0. The van der Waals surface area contributed by atoms with Gasteiger partial charge in [0, 0.05) is 47.6 Å². The molecular weight excluding hydrogens is 548 g/mol.